The standard InChI is InChI=1S/C28H28N2O6S.C26H29NO7S/c1-30(2)25-10-5-9-24-23(25)8-6-12-27(24)37(33,34)29-21-13-15-22(16-14-21)35-17-18-36-26-11-4-3-7-20(26)19-28(31)32;1-17-15-24(32-4)18(2)19(3)26(17)35(30,31)27-21-9-11-22(12-10-21)33-13-14-34-23-8-6-5-7-20(23)16-25(28)29/h3-16,29H,17-19H2,1-2H3,(H,31,32);5-12,15,27H,13-14,16H2,1-4H3,(H,28,29). The second-order valence-corrected chi connectivity index (χ2v) is 19.8. The van der Waals surface area contributed by atoms with Crippen molar-refractivity contribution in [2.45, 2.75) is 43.4 Å². The fourth-order valence-corrected chi connectivity index (χ4v) is 10.6. The monoisotopic (exact) mass is 1020 g/mol. The summed E-state index contributed by atoms with van der Waals surface area (Å²) in [7, 11) is -2.24. The molecule has 4 N–H and O–H groups in total. The molecule has 0 aliphatic rings. The Kier molecular flexibility index (Phi) is 18.0. The van der Waals surface area contributed by atoms with Crippen LogP contribution in [0.15, 0.2) is 149 Å². The number of nitrogens with zero attached hydrogens (tertiary/aromatic N) is 1. The Bertz CT molecular complexity index is 3240. The average molecular weight is 1020 g/mol. The Morgan fingerprint density at radius 1 is 0.528 bits per heavy atom. The van der Waals surface area contributed by atoms with E-state index in [-0.39, 0.29) is 49.1 Å². The van der Waals surface area contributed by atoms with E-state index in [1.54, 1.807) is 142 Å². The molecule has 0 bridgehead atoms. The summed E-state index contributed by atoms with van der Waals surface area (Å²) in [5.74, 6) is 0.887. The molecule has 0 saturated carbocycles. The van der Waals surface area contributed by atoms with Crippen LogP contribution in [0.4, 0.5) is 17.1 Å². The molecule has 0 aliphatic carbocycles. The SMILES string of the molecule is CN(C)c1cccc2c(S(=O)(=O)Nc3ccc(OCCOc4ccccc4CC(=O)O)cc3)cccc12.COc1cc(C)c(S(=O)(=O)Nc2ccc(OCCOc3ccccc3CC(=O)O)cc2)c(C)c1C. The molecule has 0 fully saturated rings. The molecule has 0 aromatic heterocycles. The van der Waals surface area contributed by atoms with Gasteiger partial charge in [-0.25, -0.2) is 16.8 Å². The minimum atomic E-state index is -3.83. The summed E-state index contributed by atoms with van der Waals surface area (Å²) in [6.07, 6.45) is -0.243. The molecule has 0 radical (unpaired) electrons. The van der Waals surface area contributed by atoms with Gasteiger partial charge in [-0.05, 0) is 116 Å². The van der Waals surface area contributed by atoms with E-state index in [0.717, 1.165) is 16.6 Å². The zero-order valence-electron chi connectivity index (χ0n) is 40.7. The van der Waals surface area contributed by atoms with Crippen molar-refractivity contribution >= 4 is 59.8 Å². The average Bonchev–Trinajstić information content (AvgIpc) is 3.34. The molecule has 0 spiro atoms. The molecule has 378 valence electrons. The maximum absolute atomic E-state index is 13.2. The van der Waals surface area contributed by atoms with Crippen molar-refractivity contribution in [1.29, 1.82) is 0 Å². The summed E-state index contributed by atoms with van der Waals surface area (Å²) in [5, 5.41) is 19.5. The van der Waals surface area contributed by atoms with Gasteiger partial charge in [-0.15, -0.1) is 0 Å². The predicted octanol–water partition coefficient (Wildman–Crippen LogP) is 9.30. The highest BCUT2D eigenvalue weighted by Crippen LogP contribution is 2.33. The Morgan fingerprint density at radius 2 is 0.986 bits per heavy atom. The van der Waals surface area contributed by atoms with Crippen LogP contribution in [0.3, 0.4) is 0 Å². The van der Waals surface area contributed by atoms with Crippen LogP contribution in [0.2, 0.25) is 0 Å². The zero-order valence-corrected chi connectivity index (χ0v) is 42.3. The molecule has 18 heteroatoms. The van der Waals surface area contributed by atoms with E-state index in [1.807, 2.05) is 44.1 Å². The van der Waals surface area contributed by atoms with Crippen LogP contribution in [-0.2, 0) is 42.5 Å². The number of fused-ring (bicyclic) bond motifs is 1. The van der Waals surface area contributed by atoms with E-state index in [0.29, 0.717) is 67.8 Å². The second kappa shape index (κ2) is 24.2. The van der Waals surface area contributed by atoms with Crippen molar-refractivity contribution in [1.82, 2.24) is 0 Å². The lowest BCUT2D eigenvalue weighted by Crippen LogP contribution is -2.16. The maximum Gasteiger partial charge on any atom is 0.307 e. The number of hydrogen-bond acceptors (Lipinski definition) is 12. The third-order valence-corrected chi connectivity index (χ3v) is 14.3. The first kappa shape index (κ1) is 53.4. The number of benzene rings is 7. The van der Waals surface area contributed by atoms with Gasteiger partial charge in [-0.1, -0.05) is 60.7 Å². The first-order chi connectivity index (χ1) is 34.4. The predicted molar refractivity (Wildman–Crippen MR) is 278 cm³/mol. The summed E-state index contributed by atoms with van der Waals surface area (Å²) in [6.45, 7) is 6.24. The lowest BCUT2D eigenvalue weighted by molar-refractivity contribution is -0.137. The number of carboxylic acids is 2. The van der Waals surface area contributed by atoms with E-state index >= 15 is 0 Å². The van der Waals surface area contributed by atoms with Crippen LogP contribution in [0.25, 0.3) is 10.8 Å². The quantitative estimate of drug-likeness (QED) is 0.0466. The number of anilines is 3. The van der Waals surface area contributed by atoms with Crippen molar-refractivity contribution in [3.63, 3.8) is 0 Å². The van der Waals surface area contributed by atoms with Gasteiger partial charge in [-0.2, -0.15) is 0 Å². The largest absolute Gasteiger partial charge is 0.496 e. The second-order valence-electron chi connectivity index (χ2n) is 16.5. The van der Waals surface area contributed by atoms with Gasteiger partial charge in [0, 0.05) is 53.1 Å². The Labute approximate surface area is 419 Å². The fraction of sp³-hybridized carbons (Fsp3) is 0.222. The van der Waals surface area contributed by atoms with E-state index in [1.165, 1.54) is 0 Å². The van der Waals surface area contributed by atoms with Crippen molar-refractivity contribution in [2.24, 2.45) is 0 Å². The van der Waals surface area contributed by atoms with Gasteiger partial charge in [0.1, 0.15) is 55.2 Å². The maximum atomic E-state index is 13.2. The van der Waals surface area contributed by atoms with Gasteiger partial charge in [0.25, 0.3) is 20.0 Å². The molecule has 0 atom stereocenters. The molecule has 0 unspecified atom stereocenters. The van der Waals surface area contributed by atoms with Gasteiger partial charge in [0.05, 0.1) is 29.7 Å². The molecular formula is C54H57N3O13S2. The number of nitrogens with one attached hydrogen (secondary N) is 2. The van der Waals surface area contributed by atoms with Crippen LogP contribution in [0, 0.1) is 20.8 Å². The summed E-state index contributed by atoms with van der Waals surface area (Å²) < 4.78 is 85.9. The first-order valence-corrected chi connectivity index (χ1v) is 25.5. The molecule has 7 rings (SSSR count). The number of sulfonamides is 2. The number of methoxy groups -OCH3 is 1. The summed E-state index contributed by atoms with van der Waals surface area (Å²) >= 11 is 0. The Hall–Kier alpha value is -7.96. The summed E-state index contributed by atoms with van der Waals surface area (Å²) in [4.78, 5) is 24.4. The van der Waals surface area contributed by atoms with Crippen molar-refractivity contribution in [2.75, 3.05) is 62.0 Å². The molecule has 72 heavy (non-hydrogen) atoms. The third kappa shape index (κ3) is 14.1. The lowest BCUT2D eigenvalue weighted by Gasteiger charge is -2.17. The van der Waals surface area contributed by atoms with Crippen LogP contribution >= 0.6 is 0 Å². The third-order valence-electron chi connectivity index (χ3n) is 11.2. The van der Waals surface area contributed by atoms with Gasteiger partial charge in [-0.3, -0.25) is 19.0 Å². The van der Waals surface area contributed by atoms with Crippen molar-refractivity contribution in [3.05, 3.63) is 167 Å². The first-order valence-electron chi connectivity index (χ1n) is 22.6. The van der Waals surface area contributed by atoms with Crippen LogP contribution in [0.5, 0.6) is 28.7 Å². The van der Waals surface area contributed by atoms with E-state index < -0.39 is 32.0 Å². The molecule has 7 aromatic carbocycles. The molecule has 0 saturated heterocycles. The van der Waals surface area contributed by atoms with E-state index in [4.69, 9.17) is 33.9 Å². The number of hydrogen-bond donors (Lipinski definition) is 4. The minimum Gasteiger partial charge on any atom is -0.496 e. The molecule has 7 aromatic rings. The van der Waals surface area contributed by atoms with Crippen molar-refractivity contribution < 1.29 is 60.3 Å². The topological polar surface area (TPSA) is 216 Å². The molecule has 16 nitrogen and oxygen atoms in total. The van der Waals surface area contributed by atoms with Gasteiger partial charge in [0.15, 0.2) is 0 Å². The Balaban J connectivity index is 0.000000236. The number of rotatable bonds is 22. The number of para-hydroxylation sites is 2. The highest BCUT2D eigenvalue weighted by Gasteiger charge is 2.23. The van der Waals surface area contributed by atoms with Crippen LogP contribution in [0.1, 0.15) is 27.8 Å². The van der Waals surface area contributed by atoms with Crippen LogP contribution in [-0.4, -0.2) is 86.6 Å². The number of carbonyl (C=O) groups is 2. The smallest absolute Gasteiger partial charge is 0.307 e. The number of aryl methyl sites for hydroxylation is 1. The number of ether oxygens (including phenoxy) is 5. The Morgan fingerprint density at radius 3 is 1.47 bits per heavy atom. The van der Waals surface area contributed by atoms with Gasteiger partial charge < -0.3 is 38.8 Å². The highest BCUT2D eigenvalue weighted by atomic mass is 32.2. The van der Waals surface area contributed by atoms with Crippen LogP contribution < -0.4 is 38.0 Å². The molecular weight excluding hydrogens is 963 g/mol. The molecule has 0 aliphatic heterocycles. The summed E-state index contributed by atoms with van der Waals surface area (Å²) in [5.41, 5.74) is 4.95. The minimum absolute atomic E-state index is 0.121. The van der Waals surface area contributed by atoms with Crippen molar-refractivity contribution in [3.8, 4) is 28.7 Å². The lowest BCUT2D eigenvalue weighted by atomic mass is 10.1. The van der Waals surface area contributed by atoms with E-state index in [9.17, 15) is 26.4 Å². The fourth-order valence-electron chi connectivity index (χ4n) is 7.72. The number of aliphatic carboxylic acids is 2. The zero-order chi connectivity index (χ0) is 52.0. The highest BCUT2D eigenvalue weighted by molar-refractivity contribution is 7.93. The number of carboxylic acid groups (broad SMARTS) is 2. The van der Waals surface area contributed by atoms with E-state index in [2.05, 4.69) is 9.44 Å². The molecule has 0 amide bonds. The summed E-state index contributed by atoms with van der Waals surface area (Å²) in [6, 6.07) is 39.7. The van der Waals surface area contributed by atoms with Gasteiger partial charge >= 0.3 is 11.9 Å². The molecule has 0 heterocycles. The normalized spacial score (nSPS) is 11.1. The van der Waals surface area contributed by atoms with Gasteiger partial charge in [0.2, 0.25) is 0 Å².